The Kier molecular flexibility index (Phi) is 0.887. The molecule has 4 nitrogen and oxygen atoms in total. The molecular formula is C6H6N3O+. The lowest BCUT2D eigenvalue weighted by atomic mass is 10.4. The molecule has 3 N–H and O–H groups in total. The Bertz CT molecular complexity index is 400. The third-order valence-corrected chi connectivity index (χ3v) is 1.43. The van der Waals surface area contributed by atoms with Gasteiger partial charge in [-0.2, -0.15) is 0 Å². The van der Waals surface area contributed by atoms with Crippen LogP contribution in [0.5, 0.6) is 0 Å². The van der Waals surface area contributed by atoms with Gasteiger partial charge in [0, 0.05) is 6.20 Å². The Balaban J connectivity index is 3.09. The van der Waals surface area contributed by atoms with Crippen molar-refractivity contribution in [1.82, 2.24) is 10.1 Å². The van der Waals surface area contributed by atoms with Gasteiger partial charge in [-0.05, 0) is 6.07 Å². The fourth-order valence-electron chi connectivity index (χ4n) is 0.941. The maximum Gasteiger partial charge on any atom is 0.307 e. The van der Waals surface area contributed by atoms with Gasteiger partial charge < -0.3 is 4.98 Å². The van der Waals surface area contributed by atoms with Crippen LogP contribution in [0, 0.1) is 0 Å². The number of hydrogen-bond donors (Lipinski definition) is 2. The molecule has 0 aromatic carbocycles. The molecular weight excluding hydrogens is 130 g/mol. The quantitative estimate of drug-likeness (QED) is 0.511. The van der Waals surface area contributed by atoms with E-state index in [9.17, 15) is 4.79 Å². The lowest BCUT2D eigenvalue weighted by Gasteiger charge is -1.78. The van der Waals surface area contributed by atoms with Crippen molar-refractivity contribution in [1.29, 1.82) is 0 Å². The van der Waals surface area contributed by atoms with Crippen LogP contribution in [0.15, 0.2) is 23.3 Å². The van der Waals surface area contributed by atoms with Crippen LogP contribution in [0.25, 0.3) is 10.9 Å². The van der Waals surface area contributed by atoms with E-state index in [0.29, 0.717) is 5.39 Å². The van der Waals surface area contributed by atoms with Crippen LogP contribution in [-0.4, -0.2) is 10.1 Å². The second-order valence-electron chi connectivity index (χ2n) is 2.05. The van der Waals surface area contributed by atoms with Crippen LogP contribution >= 0.6 is 0 Å². The largest absolute Gasteiger partial charge is 0.356 e. The molecule has 0 aliphatic heterocycles. The summed E-state index contributed by atoms with van der Waals surface area (Å²) >= 11 is 0. The van der Waals surface area contributed by atoms with Crippen molar-refractivity contribution < 1.29 is 5.10 Å². The van der Waals surface area contributed by atoms with E-state index in [-0.39, 0.29) is 5.56 Å². The number of nitrogens with one attached hydrogen (secondary N) is 3. The molecule has 0 atom stereocenters. The monoisotopic (exact) mass is 136 g/mol. The molecule has 10 heavy (non-hydrogen) atoms. The van der Waals surface area contributed by atoms with Gasteiger partial charge in [0.1, 0.15) is 5.52 Å². The molecule has 0 saturated heterocycles. The van der Waals surface area contributed by atoms with Crippen molar-refractivity contribution in [2.75, 3.05) is 0 Å². The van der Waals surface area contributed by atoms with E-state index in [1.807, 2.05) is 0 Å². The van der Waals surface area contributed by atoms with E-state index in [1.54, 1.807) is 18.5 Å². The standard InChI is InChI=1S/C6H5N3O/c10-6-4-1-2-7-5(4)3-8-9-6/h1-3,7H,(H,9,10)/p+1. The summed E-state index contributed by atoms with van der Waals surface area (Å²) in [7, 11) is 0. The Hall–Kier alpha value is -1.58. The fourth-order valence-corrected chi connectivity index (χ4v) is 0.941. The summed E-state index contributed by atoms with van der Waals surface area (Å²) in [4.78, 5) is 13.8. The van der Waals surface area contributed by atoms with Gasteiger partial charge >= 0.3 is 5.56 Å². The molecule has 2 rings (SSSR count). The SMILES string of the molecule is O=c1[nH][nH+]cc2[nH]ccc12. The highest BCUT2D eigenvalue weighted by atomic mass is 16.1. The summed E-state index contributed by atoms with van der Waals surface area (Å²) in [5.41, 5.74) is 0.725. The predicted molar refractivity (Wildman–Crippen MR) is 35.5 cm³/mol. The van der Waals surface area contributed by atoms with Gasteiger partial charge in [-0.1, -0.05) is 0 Å². The van der Waals surface area contributed by atoms with Crippen molar-refractivity contribution in [3.63, 3.8) is 0 Å². The third kappa shape index (κ3) is 0.556. The number of aromatic nitrogens is 3. The molecule has 0 unspecified atom stereocenters. The molecule has 0 aliphatic carbocycles. The molecule has 4 heteroatoms. The van der Waals surface area contributed by atoms with Crippen molar-refractivity contribution in [3.8, 4) is 0 Å². The molecule has 0 fully saturated rings. The number of H-pyrrole nitrogens is 3. The van der Waals surface area contributed by atoms with Gasteiger partial charge in [0.15, 0.2) is 0 Å². The first-order chi connectivity index (χ1) is 4.88. The Morgan fingerprint density at radius 1 is 1.50 bits per heavy atom. The van der Waals surface area contributed by atoms with Crippen LogP contribution in [0.4, 0.5) is 0 Å². The Morgan fingerprint density at radius 3 is 3.20 bits per heavy atom. The minimum atomic E-state index is -0.0984. The van der Waals surface area contributed by atoms with Gasteiger partial charge in [-0.25, -0.2) is 0 Å². The average Bonchev–Trinajstić information content (AvgIpc) is 2.36. The maximum absolute atomic E-state index is 10.9. The van der Waals surface area contributed by atoms with E-state index in [1.165, 1.54) is 0 Å². The molecule has 2 aromatic rings. The number of fused-ring (bicyclic) bond motifs is 1. The van der Waals surface area contributed by atoms with Gasteiger partial charge in [-0.3, -0.25) is 4.79 Å². The van der Waals surface area contributed by atoms with E-state index >= 15 is 0 Å². The van der Waals surface area contributed by atoms with Gasteiger partial charge in [0.2, 0.25) is 6.20 Å². The second-order valence-corrected chi connectivity index (χ2v) is 2.05. The van der Waals surface area contributed by atoms with Crippen LogP contribution < -0.4 is 10.7 Å². The fraction of sp³-hybridized carbons (Fsp3) is 0. The molecule has 50 valence electrons. The number of aromatic amines is 3. The maximum atomic E-state index is 10.9. The molecule has 0 spiro atoms. The molecule has 2 heterocycles. The zero-order valence-corrected chi connectivity index (χ0v) is 5.14. The average molecular weight is 136 g/mol. The summed E-state index contributed by atoms with van der Waals surface area (Å²) in [5, 5.41) is 5.76. The van der Waals surface area contributed by atoms with Gasteiger partial charge in [0.25, 0.3) is 0 Å². The van der Waals surface area contributed by atoms with Crippen LogP contribution in [0.3, 0.4) is 0 Å². The lowest BCUT2D eigenvalue weighted by Crippen LogP contribution is -2.19. The van der Waals surface area contributed by atoms with E-state index < -0.39 is 0 Å². The minimum absolute atomic E-state index is 0.0984. The molecule has 0 radical (unpaired) electrons. The van der Waals surface area contributed by atoms with Crippen molar-refractivity contribution in [2.45, 2.75) is 0 Å². The highest BCUT2D eigenvalue weighted by Gasteiger charge is 1.99. The summed E-state index contributed by atoms with van der Waals surface area (Å²) in [6.07, 6.45) is 3.44. The topological polar surface area (TPSA) is 62.8 Å². The smallest absolute Gasteiger partial charge is 0.307 e. The summed E-state index contributed by atoms with van der Waals surface area (Å²) in [6, 6.07) is 1.74. The van der Waals surface area contributed by atoms with E-state index in [2.05, 4.69) is 15.2 Å². The second kappa shape index (κ2) is 1.70. The summed E-state index contributed by atoms with van der Waals surface area (Å²) in [5.74, 6) is 0. The molecule has 0 bridgehead atoms. The first-order valence-corrected chi connectivity index (χ1v) is 2.94. The highest BCUT2D eigenvalue weighted by molar-refractivity contribution is 5.76. The number of rotatable bonds is 0. The predicted octanol–water partition coefficient (Wildman–Crippen LogP) is -0.330. The minimum Gasteiger partial charge on any atom is -0.356 e. The highest BCUT2D eigenvalue weighted by Crippen LogP contribution is 2.00. The lowest BCUT2D eigenvalue weighted by molar-refractivity contribution is -0.455. The van der Waals surface area contributed by atoms with Crippen LogP contribution in [-0.2, 0) is 0 Å². The Morgan fingerprint density at radius 2 is 2.40 bits per heavy atom. The summed E-state index contributed by atoms with van der Waals surface area (Å²) < 4.78 is 0. The van der Waals surface area contributed by atoms with E-state index in [0.717, 1.165) is 5.52 Å². The van der Waals surface area contributed by atoms with Crippen LogP contribution in [0.2, 0.25) is 0 Å². The van der Waals surface area contributed by atoms with Crippen molar-refractivity contribution >= 4 is 10.9 Å². The van der Waals surface area contributed by atoms with Gasteiger partial charge in [-0.15, -0.1) is 10.2 Å². The van der Waals surface area contributed by atoms with Crippen molar-refractivity contribution in [2.24, 2.45) is 0 Å². The molecule has 0 aliphatic rings. The van der Waals surface area contributed by atoms with E-state index in [4.69, 9.17) is 0 Å². The Labute approximate surface area is 55.9 Å². The molecule has 0 saturated carbocycles. The van der Waals surface area contributed by atoms with Crippen molar-refractivity contribution in [3.05, 3.63) is 28.8 Å². The van der Waals surface area contributed by atoms with Gasteiger partial charge in [0.05, 0.1) is 5.39 Å². The first-order valence-electron chi connectivity index (χ1n) is 2.94. The number of hydrogen-bond acceptors (Lipinski definition) is 1. The van der Waals surface area contributed by atoms with Crippen LogP contribution in [0.1, 0.15) is 0 Å². The summed E-state index contributed by atoms with van der Waals surface area (Å²) in [6.45, 7) is 0. The zero-order valence-electron chi connectivity index (χ0n) is 5.14. The molecule has 2 aromatic heterocycles. The zero-order chi connectivity index (χ0) is 6.97. The normalized spacial score (nSPS) is 10.4. The third-order valence-electron chi connectivity index (χ3n) is 1.43. The molecule has 0 amide bonds. The first kappa shape index (κ1) is 5.22.